The van der Waals surface area contributed by atoms with Crippen molar-refractivity contribution in [2.24, 2.45) is 0 Å². The lowest BCUT2D eigenvalue weighted by atomic mass is 9.98. The summed E-state index contributed by atoms with van der Waals surface area (Å²) in [4.78, 5) is 3.71. The summed E-state index contributed by atoms with van der Waals surface area (Å²) in [5.74, 6) is 0.289. The molecule has 1 rings (SSSR count). The Hall–Kier alpha value is -1.06. The zero-order valence-electron chi connectivity index (χ0n) is 5.06. The molecule has 46 valence electrons. The van der Waals surface area contributed by atoms with Crippen LogP contribution in [0.15, 0.2) is 18.3 Å². The summed E-state index contributed by atoms with van der Waals surface area (Å²) < 4.78 is 11.7. The predicted molar refractivity (Wildman–Crippen MR) is 37.1 cm³/mol. The van der Waals surface area contributed by atoms with E-state index < -0.39 is 0 Å². The molecule has 1 aromatic heterocycles. The molecule has 0 aromatic carbocycles. The van der Waals surface area contributed by atoms with Crippen LogP contribution < -0.4 is 11.0 Å². The molecule has 1 aromatic rings. The van der Waals surface area contributed by atoms with E-state index in [-0.39, 0.29) is 5.82 Å². The van der Waals surface area contributed by atoms with Crippen molar-refractivity contribution in [2.75, 3.05) is 5.54 Å². The van der Waals surface area contributed by atoms with Crippen molar-refractivity contribution >= 4 is 19.1 Å². The van der Waals surface area contributed by atoms with E-state index in [9.17, 15) is 4.48 Å². The lowest BCUT2D eigenvalue weighted by Crippen LogP contribution is -2.08. The molecule has 0 saturated carbocycles. The fraction of sp³-hybridized carbons (Fsp3) is 0. The number of nitrogens with zero attached hydrogens (tertiary/aromatic N) is 1. The maximum atomic E-state index is 11.7. The third-order valence-corrected chi connectivity index (χ3v) is 1.10. The number of hydrogen-bond acceptors (Lipinski definition) is 2. The van der Waals surface area contributed by atoms with Crippen molar-refractivity contribution < 1.29 is 4.48 Å². The molecular weight excluding hydrogens is 118 g/mol. The largest absolute Gasteiger partial charge is 0.238 e. The molecule has 4 heteroatoms. The van der Waals surface area contributed by atoms with Gasteiger partial charge < -0.3 is 0 Å². The first-order valence-electron chi connectivity index (χ1n) is 2.63. The van der Waals surface area contributed by atoms with Gasteiger partial charge in [0.05, 0.1) is 0 Å². The van der Waals surface area contributed by atoms with Gasteiger partial charge in [-0.2, -0.15) is 0 Å². The Labute approximate surface area is 53.5 Å². The van der Waals surface area contributed by atoms with Gasteiger partial charge in [0, 0.05) is 6.20 Å². The normalized spacial score (nSPS) is 9.00. The van der Waals surface area contributed by atoms with Crippen molar-refractivity contribution in [3.63, 3.8) is 0 Å². The second kappa shape index (κ2) is 2.48. The average Bonchev–Trinajstić information content (AvgIpc) is 1.89. The Morgan fingerprint density at radius 1 is 1.67 bits per heavy atom. The number of anilines is 1. The molecule has 0 fully saturated rings. The molecular formula is C5H6BFN2. The van der Waals surface area contributed by atoms with Gasteiger partial charge in [-0.3, -0.25) is 0 Å². The van der Waals surface area contributed by atoms with Crippen LogP contribution in [0.1, 0.15) is 0 Å². The van der Waals surface area contributed by atoms with Crippen molar-refractivity contribution in [3.05, 3.63) is 18.3 Å². The molecule has 0 radical (unpaired) electrons. The van der Waals surface area contributed by atoms with Crippen LogP contribution in [0.5, 0.6) is 0 Å². The van der Waals surface area contributed by atoms with Crippen LogP contribution in [0, 0.1) is 0 Å². The molecule has 0 spiro atoms. The maximum Gasteiger partial charge on any atom is 0.147 e. The van der Waals surface area contributed by atoms with Crippen molar-refractivity contribution in [1.29, 1.82) is 0 Å². The van der Waals surface area contributed by atoms with E-state index in [0.717, 1.165) is 5.46 Å². The Bertz CT molecular complexity index is 204. The molecule has 1 N–H and O–H groups in total. The smallest absolute Gasteiger partial charge is 0.147 e. The Balaban J connectivity index is 3.01. The van der Waals surface area contributed by atoms with Gasteiger partial charge in [0.15, 0.2) is 0 Å². The van der Waals surface area contributed by atoms with Crippen molar-refractivity contribution in [2.45, 2.75) is 0 Å². The lowest BCUT2D eigenvalue weighted by molar-refractivity contribution is 0.613. The number of rotatable bonds is 1. The van der Waals surface area contributed by atoms with Gasteiger partial charge in [0.1, 0.15) is 13.7 Å². The molecule has 0 atom stereocenters. The molecule has 0 unspecified atom stereocenters. The first-order chi connectivity index (χ1) is 4.34. The van der Waals surface area contributed by atoms with Crippen LogP contribution in [0.3, 0.4) is 0 Å². The minimum absolute atomic E-state index is 0.289. The molecule has 0 amide bonds. The van der Waals surface area contributed by atoms with Gasteiger partial charge >= 0.3 is 0 Å². The fourth-order valence-corrected chi connectivity index (χ4v) is 0.585. The second-order valence-electron chi connectivity index (χ2n) is 1.76. The molecule has 0 aliphatic carbocycles. The third-order valence-electron chi connectivity index (χ3n) is 1.10. The van der Waals surface area contributed by atoms with Crippen LogP contribution in [-0.2, 0) is 0 Å². The second-order valence-corrected chi connectivity index (χ2v) is 1.76. The molecule has 9 heavy (non-hydrogen) atoms. The highest BCUT2D eigenvalue weighted by Gasteiger charge is 1.92. The van der Waals surface area contributed by atoms with Gasteiger partial charge in [-0.25, -0.2) is 10.5 Å². The van der Waals surface area contributed by atoms with Crippen LogP contribution in [0.4, 0.5) is 10.3 Å². The van der Waals surface area contributed by atoms with Gasteiger partial charge in [-0.15, -0.1) is 4.48 Å². The van der Waals surface area contributed by atoms with Crippen molar-refractivity contribution in [1.82, 2.24) is 4.98 Å². The maximum absolute atomic E-state index is 11.7. The van der Waals surface area contributed by atoms with Gasteiger partial charge in [0.25, 0.3) is 0 Å². The molecule has 2 nitrogen and oxygen atoms in total. The summed E-state index contributed by atoms with van der Waals surface area (Å²) >= 11 is 0. The lowest BCUT2D eigenvalue weighted by Gasteiger charge is -1.96. The van der Waals surface area contributed by atoms with Crippen LogP contribution in [0.2, 0.25) is 0 Å². The molecule has 0 saturated heterocycles. The molecule has 0 bridgehead atoms. The zero-order chi connectivity index (χ0) is 6.69. The molecule has 1 heterocycles. The van der Waals surface area contributed by atoms with E-state index in [1.54, 1.807) is 20.0 Å². The summed E-state index contributed by atoms with van der Waals surface area (Å²) in [6, 6.07) is 3.55. The molecule has 0 aliphatic heterocycles. The SMILES string of the molecule is Bc1cccnc1NF. The Kier molecular flexibility index (Phi) is 1.67. The monoisotopic (exact) mass is 124 g/mol. The highest BCUT2D eigenvalue weighted by Crippen LogP contribution is 1.93. The standard InChI is InChI=1S/C5H6BFN2/c6-4-2-1-3-8-5(4)9-7/h1-3H,6H2,(H,8,9). The van der Waals surface area contributed by atoms with E-state index in [2.05, 4.69) is 4.98 Å². The van der Waals surface area contributed by atoms with E-state index in [4.69, 9.17) is 0 Å². The van der Waals surface area contributed by atoms with Crippen molar-refractivity contribution in [3.8, 4) is 0 Å². The minimum atomic E-state index is 0.289. The number of aromatic nitrogens is 1. The minimum Gasteiger partial charge on any atom is -0.238 e. The number of halogens is 1. The summed E-state index contributed by atoms with van der Waals surface area (Å²) in [7, 11) is 1.79. The van der Waals surface area contributed by atoms with Crippen LogP contribution >= 0.6 is 0 Å². The Morgan fingerprint density at radius 2 is 2.44 bits per heavy atom. The predicted octanol–water partition coefficient (Wildman–Crippen LogP) is -0.364. The third kappa shape index (κ3) is 1.19. The van der Waals surface area contributed by atoms with Crippen LogP contribution in [0.25, 0.3) is 0 Å². The first-order valence-corrected chi connectivity index (χ1v) is 2.63. The average molecular weight is 124 g/mol. The highest BCUT2D eigenvalue weighted by molar-refractivity contribution is 6.35. The molecule has 0 aliphatic rings. The van der Waals surface area contributed by atoms with Crippen LogP contribution in [-0.4, -0.2) is 12.8 Å². The topological polar surface area (TPSA) is 24.9 Å². The highest BCUT2D eigenvalue weighted by atomic mass is 19.2. The fourth-order valence-electron chi connectivity index (χ4n) is 0.585. The van der Waals surface area contributed by atoms with E-state index >= 15 is 0 Å². The van der Waals surface area contributed by atoms with Gasteiger partial charge in [-0.05, 0) is 11.5 Å². The summed E-state index contributed by atoms with van der Waals surface area (Å²) in [5.41, 5.74) is 2.29. The number of hydrogen-bond donors (Lipinski definition) is 1. The van der Waals surface area contributed by atoms with Gasteiger partial charge in [-0.1, -0.05) is 6.07 Å². The summed E-state index contributed by atoms with van der Waals surface area (Å²) in [6.45, 7) is 0. The number of pyridine rings is 1. The van der Waals surface area contributed by atoms with E-state index in [1.807, 2.05) is 0 Å². The Morgan fingerprint density at radius 3 is 2.89 bits per heavy atom. The first kappa shape index (κ1) is 6.07. The van der Waals surface area contributed by atoms with E-state index in [0.29, 0.717) is 0 Å². The van der Waals surface area contributed by atoms with Gasteiger partial charge in [0.2, 0.25) is 0 Å². The summed E-state index contributed by atoms with van der Waals surface area (Å²) in [5, 5.41) is 0. The number of nitrogens with one attached hydrogen (secondary N) is 1. The summed E-state index contributed by atoms with van der Waals surface area (Å²) in [6.07, 6.45) is 1.54. The quantitative estimate of drug-likeness (QED) is 0.408. The van der Waals surface area contributed by atoms with E-state index in [1.165, 1.54) is 11.7 Å². The zero-order valence-corrected chi connectivity index (χ0v) is 5.06.